The van der Waals surface area contributed by atoms with Crippen LogP contribution in [0.25, 0.3) is 0 Å². The topological polar surface area (TPSA) is 15.3 Å². The van der Waals surface area contributed by atoms with E-state index in [4.69, 9.17) is 0 Å². The van der Waals surface area contributed by atoms with E-state index in [0.717, 1.165) is 7.55 Å². The number of nitrogens with one attached hydrogen (secondary N) is 1. The Kier molecular flexibility index (Phi) is 4.28. The van der Waals surface area contributed by atoms with Gasteiger partial charge < -0.3 is 10.0 Å². The third-order valence-electron chi connectivity index (χ3n) is 2.90. The minimum atomic E-state index is 0.0990. The summed E-state index contributed by atoms with van der Waals surface area (Å²) in [4.78, 5) is 2.28. The molecule has 0 saturated carbocycles. The van der Waals surface area contributed by atoms with Gasteiger partial charge in [0.2, 0.25) is 0 Å². The van der Waals surface area contributed by atoms with Crippen molar-refractivity contribution in [3.05, 3.63) is 60.7 Å². The summed E-state index contributed by atoms with van der Waals surface area (Å²) < 4.78 is 0. The lowest BCUT2D eigenvalue weighted by Crippen LogP contribution is -2.45. The van der Waals surface area contributed by atoms with Gasteiger partial charge in [-0.3, -0.25) is 0 Å². The number of nitrogens with zero attached hydrogens (tertiary/aromatic N) is 1. The number of para-hydroxylation sites is 2. The Hall–Kier alpha value is -1.74. The first-order valence-electron chi connectivity index (χ1n) is 6.69. The SMILES string of the molecule is CC(C)(C)NBN(c1ccccc1)c1ccccc1. The number of anilines is 2. The zero-order valence-corrected chi connectivity index (χ0v) is 11.9. The van der Waals surface area contributed by atoms with Gasteiger partial charge in [-0.15, -0.1) is 0 Å². The quantitative estimate of drug-likeness (QED) is 0.838. The minimum absolute atomic E-state index is 0.0990. The average Bonchev–Trinajstić information content (AvgIpc) is 2.40. The average molecular weight is 252 g/mol. The molecule has 0 fully saturated rings. The zero-order chi connectivity index (χ0) is 13.7. The van der Waals surface area contributed by atoms with Gasteiger partial charge in [-0.25, -0.2) is 0 Å². The maximum atomic E-state index is 3.54. The van der Waals surface area contributed by atoms with Crippen LogP contribution in [0, 0.1) is 0 Å². The molecule has 98 valence electrons. The summed E-state index contributed by atoms with van der Waals surface area (Å²) in [5.74, 6) is 0. The molecule has 0 unspecified atom stereocenters. The molecule has 0 aromatic heterocycles. The molecular formula is C16H21BN2. The molecule has 0 radical (unpaired) electrons. The molecule has 0 amide bonds. The van der Waals surface area contributed by atoms with Gasteiger partial charge in [-0.05, 0) is 45.0 Å². The summed E-state index contributed by atoms with van der Waals surface area (Å²) in [7, 11) is 0.789. The largest absolute Gasteiger partial charge is 0.374 e. The van der Waals surface area contributed by atoms with Crippen LogP contribution < -0.4 is 10.0 Å². The first-order valence-corrected chi connectivity index (χ1v) is 6.69. The van der Waals surface area contributed by atoms with E-state index in [-0.39, 0.29) is 5.54 Å². The summed E-state index contributed by atoms with van der Waals surface area (Å²) >= 11 is 0. The fourth-order valence-electron chi connectivity index (χ4n) is 1.86. The second-order valence-electron chi connectivity index (χ2n) is 5.68. The molecule has 2 aromatic carbocycles. The Morgan fingerprint density at radius 3 is 1.58 bits per heavy atom. The van der Waals surface area contributed by atoms with Crippen LogP contribution in [0.5, 0.6) is 0 Å². The summed E-state index contributed by atoms with van der Waals surface area (Å²) in [6.07, 6.45) is 0. The zero-order valence-electron chi connectivity index (χ0n) is 11.9. The molecule has 2 nitrogen and oxygen atoms in total. The van der Waals surface area contributed by atoms with Gasteiger partial charge in [0.1, 0.15) is 0 Å². The van der Waals surface area contributed by atoms with Crippen LogP contribution in [0.15, 0.2) is 60.7 Å². The first kappa shape index (κ1) is 13.7. The van der Waals surface area contributed by atoms with Crippen LogP contribution in [0.4, 0.5) is 11.4 Å². The van der Waals surface area contributed by atoms with Crippen LogP contribution in [-0.2, 0) is 0 Å². The normalized spacial score (nSPS) is 11.1. The van der Waals surface area contributed by atoms with Crippen LogP contribution >= 0.6 is 0 Å². The highest BCUT2D eigenvalue weighted by Crippen LogP contribution is 2.23. The molecule has 0 bridgehead atoms. The molecule has 0 spiro atoms. The van der Waals surface area contributed by atoms with Gasteiger partial charge >= 0.3 is 7.55 Å². The number of benzene rings is 2. The van der Waals surface area contributed by atoms with Gasteiger partial charge in [0.15, 0.2) is 0 Å². The van der Waals surface area contributed by atoms with Gasteiger partial charge in [-0.1, -0.05) is 36.4 Å². The Morgan fingerprint density at radius 2 is 1.21 bits per heavy atom. The van der Waals surface area contributed by atoms with E-state index in [1.165, 1.54) is 11.4 Å². The summed E-state index contributed by atoms with van der Waals surface area (Å²) in [6.45, 7) is 6.55. The smallest absolute Gasteiger partial charge is 0.326 e. The van der Waals surface area contributed by atoms with Crippen molar-refractivity contribution in [1.29, 1.82) is 0 Å². The lowest BCUT2D eigenvalue weighted by molar-refractivity contribution is 0.523. The molecule has 0 heterocycles. The van der Waals surface area contributed by atoms with Gasteiger partial charge in [0.05, 0.1) is 0 Å². The second-order valence-corrected chi connectivity index (χ2v) is 5.68. The molecule has 0 aliphatic heterocycles. The third kappa shape index (κ3) is 4.14. The molecule has 19 heavy (non-hydrogen) atoms. The van der Waals surface area contributed by atoms with Crippen molar-refractivity contribution < 1.29 is 0 Å². The molecule has 0 saturated heterocycles. The fourth-order valence-corrected chi connectivity index (χ4v) is 1.86. The van der Waals surface area contributed by atoms with E-state index in [2.05, 4.69) is 79.3 Å². The Labute approximate surface area is 116 Å². The Bertz CT molecular complexity index is 452. The highest BCUT2D eigenvalue weighted by Gasteiger charge is 2.15. The van der Waals surface area contributed by atoms with Crippen molar-refractivity contribution >= 4 is 18.9 Å². The fraction of sp³-hybridized carbons (Fsp3) is 0.250. The van der Waals surface area contributed by atoms with Crippen LogP contribution in [-0.4, -0.2) is 13.1 Å². The molecule has 3 heteroatoms. The van der Waals surface area contributed by atoms with E-state index in [0.29, 0.717) is 0 Å². The molecule has 0 atom stereocenters. The lowest BCUT2D eigenvalue weighted by Gasteiger charge is -2.29. The van der Waals surface area contributed by atoms with Crippen molar-refractivity contribution in [2.75, 3.05) is 4.81 Å². The first-order chi connectivity index (χ1) is 9.06. The van der Waals surface area contributed by atoms with E-state index < -0.39 is 0 Å². The Morgan fingerprint density at radius 1 is 0.789 bits per heavy atom. The van der Waals surface area contributed by atoms with E-state index in [1.54, 1.807) is 0 Å². The predicted octanol–water partition coefficient (Wildman–Crippen LogP) is 3.48. The highest BCUT2D eigenvalue weighted by atomic mass is 15.1. The van der Waals surface area contributed by atoms with E-state index in [9.17, 15) is 0 Å². The summed E-state index contributed by atoms with van der Waals surface area (Å²) in [5.41, 5.74) is 2.50. The van der Waals surface area contributed by atoms with Crippen molar-refractivity contribution in [2.45, 2.75) is 26.3 Å². The lowest BCUT2D eigenvalue weighted by atomic mass is 9.96. The minimum Gasteiger partial charge on any atom is -0.374 e. The molecule has 1 N–H and O–H groups in total. The maximum absolute atomic E-state index is 3.54. The molecule has 2 rings (SSSR count). The van der Waals surface area contributed by atoms with Crippen molar-refractivity contribution in [3.8, 4) is 0 Å². The number of hydrogen-bond donors (Lipinski definition) is 1. The molecule has 2 aromatic rings. The predicted molar refractivity (Wildman–Crippen MR) is 85.1 cm³/mol. The molecular weight excluding hydrogens is 231 g/mol. The molecule has 0 aliphatic carbocycles. The van der Waals surface area contributed by atoms with Crippen molar-refractivity contribution in [1.82, 2.24) is 5.23 Å². The van der Waals surface area contributed by atoms with Gasteiger partial charge in [0.25, 0.3) is 0 Å². The van der Waals surface area contributed by atoms with Crippen molar-refractivity contribution in [3.63, 3.8) is 0 Å². The van der Waals surface area contributed by atoms with Crippen LogP contribution in [0.2, 0.25) is 0 Å². The second kappa shape index (κ2) is 5.94. The van der Waals surface area contributed by atoms with Crippen LogP contribution in [0.1, 0.15) is 20.8 Å². The molecule has 0 aliphatic rings. The van der Waals surface area contributed by atoms with E-state index in [1.807, 2.05) is 12.1 Å². The third-order valence-corrected chi connectivity index (χ3v) is 2.90. The summed E-state index contributed by atoms with van der Waals surface area (Å²) in [5, 5.41) is 3.54. The monoisotopic (exact) mass is 252 g/mol. The number of rotatable bonds is 4. The number of hydrogen-bond acceptors (Lipinski definition) is 2. The maximum Gasteiger partial charge on any atom is 0.326 e. The standard InChI is InChI=1S/C16H21BN2/c1-16(2,3)18-17-19(14-10-6-4-7-11-14)15-12-8-5-9-13-15/h4-13,17-18H,1-3H3. The van der Waals surface area contributed by atoms with Gasteiger partial charge in [-0.2, -0.15) is 0 Å². The van der Waals surface area contributed by atoms with Gasteiger partial charge in [0, 0.05) is 16.9 Å². The van der Waals surface area contributed by atoms with Crippen LogP contribution in [0.3, 0.4) is 0 Å². The van der Waals surface area contributed by atoms with Crippen molar-refractivity contribution in [2.24, 2.45) is 0 Å². The summed E-state index contributed by atoms with van der Waals surface area (Å²) in [6, 6.07) is 20.9. The van der Waals surface area contributed by atoms with E-state index >= 15 is 0 Å². The highest BCUT2D eigenvalue weighted by molar-refractivity contribution is 6.41. The Balaban J connectivity index is 2.24.